The molecule has 1 aromatic heterocycles. The molecule has 3 nitrogen and oxygen atoms in total. The number of pyridine rings is 1. The number of hydrogen-bond donors (Lipinski definition) is 0. The lowest BCUT2D eigenvalue weighted by Gasteiger charge is -2.14. The number of hydrogen-bond acceptors (Lipinski definition) is 3. The fraction of sp³-hybridized carbons (Fsp3) is 0.136. The van der Waals surface area contributed by atoms with E-state index in [4.69, 9.17) is 14.5 Å². The zero-order valence-electron chi connectivity index (χ0n) is 14.8. The first-order valence-electron chi connectivity index (χ1n) is 8.33. The van der Waals surface area contributed by atoms with Crippen LogP contribution in [-0.4, -0.2) is 19.2 Å². The molecule has 0 unspecified atom stereocenters. The highest BCUT2D eigenvalue weighted by Gasteiger charge is 2.15. The normalized spacial score (nSPS) is 11.1. The van der Waals surface area contributed by atoms with Crippen LogP contribution in [0.25, 0.3) is 32.9 Å². The molecule has 1 heterocycles. The van der Waals surface area contributed by atoms with E-state index in [1.807, 2.05) is 24.3 Å². The second-order valence-corrected chi connectivity index (χ2v) is 6.24. The first-order valence-corrected chi connectivity index (χ1v) is 8.33. The Hall–Kier alpha value is -3.14. The Balaban J connectivity index is 2.15. The standard InChI is InChI=1S/C22H18FNO2/c1-13-4-9-19-17(10-13)16-11-20(25-2)21(26-3)12-18(16)22(24-19)14-5-7-15(23)8-6-14/h4-12H,1-3H3. The number of rotatable bonds is 3. The number of methoxy groups -OCH3 is 2. The smallest absolute Gasteiger partial charge is 0.161 e. The first-order chi connectivity index (χ1) is 12.6. The van der Waals surface area contributed by atoms with Gasteiger partial charge in [-0.2, -0.15) is 0 Å². The van der Waals surface area contributed by atoms with Gasteiger partial charge in [-0.05, 0) is 60.8 Å². The van der Waals surface area contributed by atoms with E-state index >= 15 is 0 Å². The van der Waals surface area contributed by atoms with Crippen LogP contribution in [0.2, 0.25) is 0 Å². The molecule has 0 radical (unpaired) electrons. The summed E-state index contributed by atoms with van der Waals surface area (Å²) in [6.45, 7) is 2.06. The van der Waals surface area contributed by atoms with Gasteiger partial charge in [0.25, 0.3) is 0 Å². The molecule has 0 saturated heterocycles. The summed E-state index contributed by atoms with van der Waals surface area (Å²) in [7, 11) is 3.24. The fourth-order valence-corrected chi connectivity index (χ4v) is 3.27. The number of fused-ring (bicyclic) bond motifs is 3. The number of aryl methyl sites for hydroxylation is 1. The third-order valence-electron chi connectivity index (χ3n) is 4.57. The van der Waals surface area contributed by atoms with Crippen LogP contribution in [0.3, 0.4) is 0 Å². The van der Waals surface area contributed by atoms with Gasteiger partial charge in [0.2, 0.25) is 0 Å². The van der Waals surface area contributed by atoms with Gasteiger partial charge in [-0.15, -0.1) is 0 Å². The summed E-state index contributed by atoms with van der Waals surface area (Å²) < 4.78 is 24.3. The van der Waals surface area contributed by atoms with Gasteiger partial charge in [0.15, 0.2) is 11.5 Å². The average Bonchev–Trinajstić information content (AvgIpc) is 2.67. The van der Waals surface area contributed by atoms with Crippen LogP contribution in [0.5, 0.6) is 11.5 Å². The maximum atomic E-state index is 13.4. The van der Waals surface area contributed by atoms with E-state index in [1.165, 1.54) is 12.1 Å². The number of halogens is 1. The lowest BCUT2D eigenvalue weighted by molar-refractivity contribution is 0.356. The van der Waals surface area contributed by atoms with Crippen molar-refractivity contribution in [2.75, 3.05) is 14.2 Å². The van der Waals surface area contributed by atoms with E-state index in [2.05, 4.69) is 13.0 Å². The fourth-order valence-electron chi connectivity index (χ4n) is 3.27. The SMILES string of the molecule is COc1cc2c(-c3ccc(F)cc3)nc3ccc(C)cc3c2cc1OC. The molecule has 3 aromatic carbocycles. The minimum absolute atomic E-state index is 0.270. The topological polar surface area (TPSA) is 31.4 Å². The molecule has 0 aliphatic heterocycles. The number of benzene rings is 3. The predicted molar refractivity (Wildman–Crippen MR) is 102 cm³/mol. The molecule has 4 aromatic rings. The Morgan fingerprint density at radius 3 is 2.08 bits per heavy atom. The highest BCUT2D eigenvalue weighted by atomic mass is 19.1. The molecule has 130 valence electrons. The Kier molecular flexibility index (Phi) is 3.96. The highest BCUT2D eigenvalue weighted by molar-refractivity contribution is 6.12. The predicted octanol–water partition coefficient (Wildman–Crippen LogP) is 5.52. The molecule has 0 saturated carbocycles. The molecule has 0 aliphatic rings. The Morgan fingerprint density at radius 2 is 1.42 bits per heavy atom. The molecular formula is C22H18FNO2. The van der Waals surface area contributed by atoms with Crippen molar-refractivity contribution in [1.29, 1.82) is 0 Å². The van der Waals surface area contributed by atoms with E-state index in [0.29, 0.717) is 11.5 Å². The summed E-state index contributed by atoms with van der Waals surface area (Å²) >= 11 is 0. The summed E-state index contributed by atoms with van der Waals surface area (Å²) in [6.07, 6.45) is 0. The summed E-state index contributed by atoms with van der Waals surface area (Å²) in [5.41, 5.74) is 3.68. The molecular weight excluding hydrogens is 329 g/mol. The highest BCUT2D eigenvalue weighted by Crippen LogP contribution is 2.39. The molecule has 0 bridgehead atoms. The van der Waals surface area contributed by atoms with Crippen LogP contribution in [0, 0.1) is 12.7 Å². The van der Waals surface area contributed by atoms with E-state index < -0.39 is 0 Å². The molecule has 4 heteroatoms. The van der Waals surface area contributed by atoms with E-state index in [-0.39, 0.29) is 5.82 Å². The largest absolute Gasteiger partial charge is 0.493 e. The molecule has 0 atom stereocenters. The van der Waals surface area contributed by atoms with Crippen molar-refractivity contribution in [3.8, 4) is 22.8 Å². The van der Waals surface area contributed by atoms with Crippen molar-refractivity contribution in [2.45, 2.75) is 6.92 Å². The summed E-state index contributed by atoms with van der Waals surface area (Å²) in [4.78, 5) is 4.86. The van der Waals surface area contributed by atoms with Gasteiger partial charge in [0.1, 0.15) is 5.82 Å². The van der Waals surface area contributed by atoms with Crippen molar-refractivity contribution >= 4 is 21.7 Å². The zero-order valence-corrected chi connectivity index (χ0v) is 14.8. The zero-order chi connectivity index (χ0) is 18.3. The maximum absolute atomic E-state index is 13.4. The third kappa shape index (κ3) is 2.64. The van der Waals surface area contributed by atoms with Gasteiger partial charge in [-0.1, -0.05) is 11.6 Å². The quantitative estimate of drug-likeness (QED) is 0.457. The monoisotopic (exact) mass is 347 g/mol. The van der Waals surface area contributed by atoms with Crippen LogP contribution in [0.4, 0.5) is 4.39 Å². The third-order valence-corrected chi connectivity index (χ3v) is 4.57. The van der Waals surface area contributed by atoms with Crippen LogP contribution in [0.15, 0.2) is 54.6 Å². The molecule has 0 amide bonds. The van der Waals surface area contributed by atoms with Crippen molar-refractivity contribution < 1.29 is 13.9 Å². The minimum atomic E-state index is -0.270. The molecule has 4 rings (SSSR count). The molecule has 26 heavy (non-hydrogen) atoms. The molecule has 0 aliphatic carbocycles. The van der Waals surface area contributed by atoms with E-state index in [0.717, 1.165) is 38.5 Å². The van der Waals surface area contributed by atoms with Crippen LogP contribution < -0.4 is 9.47 Å². The minimum Gasteiger partial charge on any atom is -0.493 e. The van der Waals surface area contributed by atoms with Gasteiger partial charge in [-0.25, -0.2) is 9.37 Å². The second-order valence-electron chi connectivity index (χ2n) is 6.24. The Labute approximate surface area is 151 Å². The summed E-state index contributed by atoms with van der Waals surface area (Å²) in [6, 6.07) is 16.5. The average molecular weight is 347 g/mol. The number of ether oxygens (including phenoxy) is 2. The maximum Gasteiger partial charge on any atom is 0.161 e. The molecule has 0 fully saturated rings. The number of aromatic nitrogens is 1. The lowest BCUT2D eigenvalue weighted by Crippen LogP contribution is -1.95. The van der Waals surface area contributed by atoms with Crippen molar-refractivity contribution in [3.63, 3.8) is 0 Å². The first kappa shape index (κ1) is 16.3. The van der Waals surface area contributed by atoms with Crippen LogP contribution in [-0.2, 0) is 0 Å². The van der Waals surface area contributed by atoms with Crippen molar-refractivity contribution in [2.24, 2.45) is 0 Å². The summed E-state index contributed by atoms with van der Waals surface area (Å²) in [5.74, 6) is 1.03. The Morgan fingerprint density at radius 1 is 0.769 bits per heavy atom. The van der Waals surface area contributed by atoms with Gasteiger partial charge < -0.3 is 9.47 Å². The van der Waals surface area contributed by atoms with Gasteiger partial charge in [-0.3, -0.25) is 0 Å². The molecule has 0 N–H and O–H groups in total. The summed E-state index contributed by atoms with van der Waals surface area (Å²) in [5, 5.41) is 3.01. The van der Waals surface area contributed by atoms with Gasteiger partial charge in [0.05, 0.1) is 25.4 Å². The lowest BCUT2D eigenvalue weighted by atomic mass is 9.98. The van der Waals surface area contributed by atoms with Crippen molar-refractivity contribution in [3.05, 3.63) is 66.0 Å². The number of nitrogens with zero attached hydrogens (tertiary/aromatic N) is 1. The van der Waals surface area contributed by atoms with Crippen LogP contribution >= 0.6 is 0 Å². The van der Waals surface area contributed by atoms with E-state index in [9.17, 15) is 4.39 Å². The molecule has 0 spiro atoms. The Bertz CT molecular complexity index is 1120. The van der Waals surface area contributed by atoms with Gasteiger partial charge in [0, 0.05) is 16.3 Å². The van der Waals surface area contributed by atoms with Crippen LogP contribution in [0.1, 0.15) is 5.56 Å². The van der Waals surface area contributed by atoms with Crippen molar-refractivity contribution in [1.82, 2.24) is 4.98 Å². The van der Waals surface area contributed by atoms with E-state index in [1.54, 1.807) is 26.4 Å². The van der Waals surface area contributed by atoms with Gasteiger partial charge >= 0.3 is 0 Å². The second kappa shape index (κ2) is 6.30.